The van der Waals surface area contributed by atoms with Gasteiger partial charge in [0.15, 0.2) is 5.78 Å². The van der Waals surface area contributed by atoms with Gasteiger partial charge in [0.2, 0.25) is 0 Å². The van der Waals surface area contributed by atoms with Crippen LogP contribution in [0.5, 0.6) is 0 Å². The maximum Gasteiger partial charge on any atom is 0.317 e. The average molecular weight is 322 g/mol. The van der Waals surface area contributed by atoms with Gasteiger partial charge in [-0.2, -0.15) is 0 Å². The second kappa shape index (κ2) is 7.77. The largest absolute Gasteiger partial charge is 0.334 e. The number of ketones is 1. The molecule has 1 atom stereocenters. The second-order valence-corrected chi connectivity index (χ2v) is 6.16. The summed E-state index contributed by atoms with van der Waals surface area (Å²) in [5, 5.41) is 2.94. The van der Waals surface area contributed by atoms with E-state index in [1.54, 1.807) is 4.90 Å². The van der Waals surface area contributed by atoms with Gasteiger partial charge in [0, 0.05) is 31.1 Å². The Bertz CT molecular complexity index is 685. The number of hydrogen-bond acceptors (Lipinski definition) is 2. The molecular weight excluding hydrogens is 300 g/mol. The molecule has 24 heavy (non-hydrogen) atoms. The van der Waals surface area contributed by atoms with E-state index in [0.717, 1.165) is 24.0 Å². The molecule has 0 bridgehead atoms. The van der Waals surface area contributed by atoms with Crippen molar-refractivity contribution in [1.82, 2.24) is 10.2 Å². The Morgan fingerprint density at radius 2 is 1.67 bits per heavy atom. The van der Waals surface area contributed by atoms with Crippen molar-refractivity contribution in [2.75, 3.05) is 13.1 Å². The van der Waals surface area contributed by atoms with Crippen LogP contribution in [0.25, 0.3) is 0 Å². The minimum absolute atomic E-state index is 0.0931. The number of nitrogens with zero attached hydrogens (tertiary/aromatic N) is 1. The number of likely N-dealkylation sites (tertiary alicyclic amines) is 1. The number of rotatable bonds is 4. The van der Waals surface area contributed by atoms with E-state index in [1.807, 2.05) is 60.7 Å². The average Bonchev–Trinajstić information content (AvgIpc) is 2.67. The fourth-order valence-electron chi connectivity index (χ4n) is 3.10. The molecule has 0 aliphatic carbocycles. The van der Waals surface area contributed by atoms with Crippen LogP contribution in [0.1, 0.15) is 28.8 Å². The van der Waals surface area contributed by atoms with Crippen molar-refractivity contribution in [1.29, 1.82) is 0 Å². The highest BCUT2D eigenvalue weighted by atomic mass is 16.2. The van der Waals surface area contributed by atoms with Crippen LogP contribution in [0.15, 0.2) is 60.7 Å². The number of Topliss-reactive ketones (excluding diaryl/α,β-unsaturated/α-hetero) is 1. The number of nitrogens with one attached hydrogen (secondary N) is 1. The summed E-state index contributed by atoms with van der Waals surface area (Å²) in [5.41, 5.74) is 1.80. The Hall–Kier alpha value is -2.62. The van der Waals surface area contributed by atoms with Gasteiger partial charge < -0.3 is 10.2 Å². The molecule has 3 rings (SSSR count). The zero-order valence-corrected chi connectivity index (χ0v) is 13.7. The molecule has 1 saturated heterocycles. The molecule has 4 heteroatoms. The molecule has 1 N–H and O–H groups in total. The van der Waals surface area contributed by atoms with E-state index < -0.39 is 0 Å². The van der Waals surface area contributed by atoms with Crippen molar-refractivity contribution in [2.24, 2.45) is 5.92 Å². The summed E-state index contributed by atoms with van der Waals surface area (Å²) in [4.78, 5) is 26.7. The van der Waals surface area contributed by atoms with E-state index in [-0.39, 0.29) is 17.7 Å². The molecule has 0 radical (unpaired) electrons. The molecule has 2 aromatic rings. The lowest BCUT2D eigenvalue weighted by Gasteiger charge is -2.32. The summed E-state index contributed by atoms with van der Waals surface area (Å²) in [6.07, 6.45) is 1.71. The standard InChI is InChI=1S/C20H22N2O2/c23-19(17-10-5-2-6-11-17)18-12-7-13-22(15-18)20(24)21-14-16-8-3-1-4-9-16/h1-6,8-11,18H,7,12-15H2,(H,21,24). The number of benzene rings is 2. The number of urea groups is 1. The first-order valence-electron chi connectivity index (χ1n) is 8.40. The van der Waals surface area contributed by atoms with E-state index in [0.29, 0.717) is 19.6 Å². The van der Waals surface area contributed by atoms with Crippen LogP contribution in [0.4, 0.5) is 4.79 Å². The first kappa shape index (κ1) is 16.2. The number of amides is 2. The molecule has 0 spiro atoms. The Morgan fingerprint density at radius 3 is 2.38 bits per heavy atom. The second-order valence-electron chi connectivity index (χ2n) is 6.16. The van der Waals surface area contributed by atoms with Gasteiger partial charge in [-0.3, -0.25) is 4.79 Å². The van der Waals surface area contributed by atoms with Gasteiger partial charge in [-0.05, 0) is 18.4 Å². The van der Waals surface area contributed by atoms with Crippen LogP contribution in [-0.4, -0.2) is 29.8 Å². The van der Waals surface area contributed by atoms with Gasteiger partial charge in [-0.25, -0.2) is 4.79 Å². The zero-order chi connectivity index (χ0) is 16.8. The third-order valence-electron chi connectivity index (χ3n) is 4.42. The van der Waals surface area contributed by atoms with Gasteiger partial charge in [0.25, 0.3) is 0 Å². The lowest BCUT2D eigenvalue weighted by atomic mass is 9.90. The third kappa shape index (κ3) is 4.02. The van der Waals surface area contributed by atoms with E-state index in [2.05, 4.69) is 5.32 Å². The molecule has 0 aromatic heterocycles. The molecule has 1 unspecified atom stereocenters. The van der Waals surface area contributed by atoms with Gasteiger partial charge in [0.1, 0.15) is 0 Å². The molecule has 4 nitrogen and oxygen atoms in total. The summed E-state index contributed by atoms with van der Waals surface area (Å²) in [6.45, 7) is 1.71. The van der Waals surface area contributed by atoms with E-state index in [4.69, 9.17) is 0 Å². The predicted octanol–water partition coefficient (Wildman–Crippen LogP) is 3.49. The van der Waals surface area contributed by atoms with Crippen LogP contribution in [0.2, 0.25) is 0 Å². The minimum atomic E-state index is -0.108. The van der Waals surface area contributed by atoms with Gasteiger partial charge in [0.05, 0.1) is 0 Å². The van der Waals surface area contributed by atoms with Crippen LogP contribution in [0.3, 0.4) is 0 Å². The van der Waals surface area contributed by atoms with Crippen molar-refractivity contribution in [3.8, 4) is 0 Å². The summed E-state index contributed by atoms with van der Waals surface area (Å²) < 4.78 is 0. The Labute approximate surface area is 142 Å². The molecule has 1 aliphatic heterocycles. The number of carbonyl (C=O) groups excluding carboxylic acids is 2. The van der Waals surface area contributed by atoms with E-state index >= 15 is 0 Å². The topological polar surface area (TPSA) is 49.4 Å². The highest BCUT2D eigenvalue weighted by molar-refractivity contribution is 5.98. The lowest BCUT2D eigenvalue weighted by Crippen LogP contribution is -2.46. The van der Waals surface area contributed by atoms with Gasteiger partial charge in [-0.15, -0.1) is 0 Å². The molecule has 1 aliphatic rings. The minimum Gasteiger partial charge on any atom is -0.334 e. The number of carbonyl (C=O) groups is 2. The molecule has 0 saturated carbocycles. The fourth-order valence-corrected chi connectivity index (χ4v) is 3.10. The maximum absolute atomic E-state index is 12.6. The van der Waals surface area contributed by atoms with E-state index in [1.165, 1.54) is 0 Å². The smallest absolute Gasteiger partial charge is 0.317 e. The number of hydrogen-bond donors (Lipinski definition) is 1. The van der Waals surface area contributed by atoms with Crippen LogP contribution in [0, 0.1) is 5.92 Å². The quantitative estimate of drug-likeness (QED) is 0.876. The molecule has 124 valence electrons. The number of piperidine rings is 1. The van der Waals surface area contributed by atoms with Crippen molar-refractivity contribution in [3.63, 3.8) is 0 Å². The molecule has 2 aromatic carbocycles. The highest BCUT2D eigenvalue weighted by Crippen LogP contribution is 2.21. The summed E-state index contributed by atoms with van der Waals surface area (Å²) in [7, 11) is 0. The van der Waals surface area contributed by atoms with Crippen molar-refractivity contribution < 1.29 is 9.59 Å². The van der Waals surface area contributed by atoms with Gasteiger partial charge >= 0.3 is 6.03 Å². The van der Waals surface area contributed by atoms with Crippen molar-refractivity contribution in [2.45, 2.75) is 19.4 Å². The van der Waals surface area contributed by atoms with Crippen molar-refractivity contribution >= 4 is 11.8 Å². The third-order valence-corrected chi connectivity index (χ3v) is 4.42. The van der Waals surface area contributed by atoms with Crippen LogP contribution < -0.4 is 5.32 Å². The molecule has 1 heterocycles. The monoisotopic (exact) mass is 322 g/mol. The summed E-state index contributed by atoms with van der Waals surface area (Å²) in [5.74, 6) is 0.0276. The normalized spacial score (nSPS) is 17.3. The molecule has 2 amide bonds. The Balaban J connectivity index is 1.57. The summed E-state index contributed by atoms with van der Waals surface area (Å²) in [6, 6.07) is 19.1. The van der Waals surface area contributed by atoms with E-state index in [9.17, 15) is 9.59 Å². The van der Waals surface area contributed by atoms with Crippen molar-refractivity contribution in [3.05, 3.63) is 71.8 Å². The Kier molecular flexibility index (Phi) is 5.26. The van der Waals surface area contributed by atoms with Gasteiger partial charge in [-0.1, -0.05) is 60.7 Å². The predicted molar refractivity (Wildman–Crippen MR) is 93.7 cm³/mol. The zero-order valence-electron chi connectivity index (χ0n) is 13.7. The SMILES string of the molecule is O=C(c1ccccc1)C1CCCN(C(=O)NCc2ccccc2)C1. The first-order chi connectivity index (χ1) is 11.7. The fraction of sp³-hybridized carbons (Fsp3) is 0.300. The highest BCUT2D eigenvalue weighted by Gasteiger charge is 2.28. The lowest BCUT2D eigenvalue weighted by molar-refractivity contribution is 0.0845. The summed E-state index contributed by atoms with van der Waals surface area (Å²) >= 11 is 0. The molecule has 1 fully saturated rings. The molecular formula is C20H22N2O2. The van der Waals surface area contributed by atoms with Crippen LogP contribution >= 0.6 is 0 Å². The van der Waals surface area contributed by atoms with Crippen LogP contribution in [-0.2, 0) is 6.54 Å². The first-order valence-corrected chi connectivity index (χ1v) is 8.40. The maximum atomic E-state index is 12.6. The Morgan fingerprint density at radius 1 is 1.00 bits per heavy atom.